The topological polar surface area (TPSA) is 105 Å². The van der Waals surface area contributed by atoms with Crippen molar-refractivity contribution in [3.8, 4) is 0 Å². The lowest BCUT2D eigenvalue weighted by atomic mass is 10.2. The molecule has 2 amide bonds. The average molecular weight is 426 g/mol. The van der Waals surface area contributed by atoms with Gasteiger partial charge < -0.3 is 15.4 Å². The molecule has 0 aromatic heterocycles. The van der Waals surface area contributed by atoms with E-state index in [2.05, 4.69) is 10.6 Å². The minimum absolute atomic E-state index is 0.102. The van der Waals surface area contributed by atoms with E-state index in [0.717, 1.165) is 6.42 Å². The summed E-state index contributed by atoms with van der Waals surface area (Å²) < 4.78 is 32.7. The average Bonchev–Trinajstić information content (AvgIpc) is 2.67. The van der Waals surface area contributed by atoms with E-state index in [0.29, 0.717) is 18.7 Å². The molecule has 3 unspecified atom stereocenters. The van der Waals surface area contributed by atoms with E-state index >= 15 is 0 Å². The van der Waals surface area contributed by atoms with E-state index in [1.54, 1.807) is 0 Å². The van der Waals surface area contributed by atoms with Crippen molar-refractivity contribution < 1.29 is 22.7 Å². The highest BCUT2D eigenvalue weighted by Crippen LogP contribution is 2.21. The maximum Gasteiger partial charge on any atom is 0.251 e. The zero-order chi connectivity index (χ0) is 21.6. The molecule has 2 rings (SSSR count). The molecule has 1 heterocycles. The Hall–Kier alpha value is -1.97. The maximum absolute atomic E-state index is 12.8. The number of hydrogen-bond acceptors (Lipinski definition) is 5. The minimum Gasteiger partial charge on any atom is -0.373 e. The molecular formula is C20H31N3O5S. The summed E-state index contributed by atoms with van der Waals surface area (Å²) in [5.74, 6) is -0.464. The summed E-state index contributed by atoms with van der Waals surface area (Å²) in [6.45, 7) is 8.40. The van der Waals surface area contributed by atoms with Gasteiger partial charge in [-0.3, -0.25) is 9.59 Å². The molecule has 0 saturated carbocycles. The van der Waals surface area contributed by atoms with E-state index in [4.69, 9.17) is 4.74 Å². The third kappa shape index (κ3) is 6.52. The summed E-state index contributed by atoms with van der Waals surface area (Å²) in [4.78, 5) is 24.1. The number of nitrogens with zero attached hydrogens (tertiary/aromatic N) is 1. The number of morpholine rings is 1. The summed E-state index contributed by atoms with van der Waals surface area (Å²) in [6.07, 6.45) is 0.693. The quantitative estimate of drug-likeness (QED) is 0.657. The summed E-state index contributed by atoms with van der Waals surface area (Å²) in [5, 5.41) is 5.51. The van der Waals surface area contributed by atoms with E-state index in [-0.39, 0.29) is 47.9 Å². The Morgan fingerprint density at radius 3 is 2.31 bits per heavy atom. The highest BCUT2D eigenvalue weighted by molar-refractivity contribution is 7.89. The van der Waals surface area contributed by atoms with Crippen LogP contribution in [0, 0.1) is 0 Å². The molecule has 162 valence electrons. The van der Waals surface area contributed by atoms with Gasteiger partial charge in [-0.05, 0) is 51.5 Å². The molecule has 2 N–H and O–H groups in total. The molecule has 29 heavy (non-hydrogen) atoms. The fourth-order valence-electron chi connectivity index (χ4n) is 3.09. The number of sulfonamides is 1. The van der Waals surface area contributed by atoms with Crippen LogP contribution in [0.3, 0.4) is 0 Å². The van der Waals surface area contributed by atoms with Crippen LogP contribution in [0.1, 0.15) is 50.9 Å². The van der Waals surface area contributed by atoms with Crippen molar-refractivity contribution in [2.24, 2.45) is 0 Å². The molecule has 0 spiro atoms. The number of nitrogens with one attached hydrogen (secondary N) is 2. The van der Waals surface area contributed by atoms with Gasteiger partial charge in [-0.25, -0.2) is 8.42 Å². The zero-order valence-corrected chi connectivity index (χ0v) is 18.3. The normalized spacial score (nSPS) is 21.4. The number of benzene rings is 1. The van der Waals surface area contributed by atoms with Crippen LogP contribution in [0.15, 0.2) is 29.2 Å². The van der Waals surface area contributed by atoms with E-state index < -0.39 is 10.0 Å². The Morgan fingerprint density at radius 2 is 1.76 bits per heavy atom. The van der Waals surface area contributed by atoms with Gasteiger partial charge in [0.15, 0.2) is 0 Å². The zero-order valence-electron chi connectivity index (χ0n) is 17.5. The first kappa shape index (κ1) is 23.3. The summed E-state index contributed by atoms with van der Waals surface area (Å²) >= 11 is 0. The number of ether oxygens (including phenoxy) is 1. The third-order valence-corrected chi connectivity index (χ3v) is 6.64. The van der Waals surface area contributed by atoms with Crippen LogP contribution < -0.4 is 10.6 Å². The van der Waals surface area contributed by atoms with E-state index in [9.17, 15) is 18.0 Å². The molecule has 1 aliphatic rings. The lowest BCUT2D eigenvalue weighted by Gasteiger charge is -2.34. The molecule has 0 aliphatic carbocycles. The molecule has 1 aliphatic heterocycles. The van der Waals surface area contributed by atoms with E-state index in [1.807, 2.05) is 27.7 Å². The Labute approximate surface area is 173 Å². The highest BCUT2D eigenvalue weighted by atomic mass is 32.2. The minimum atomic E-state index is -3.64. The first-order valence-corrected chi connectivity index (χ1v) is 11.4. The first-order chi connectivity index (χ1) is 13.6. The van der Waals surface area contributed by atoms with Gasteiger partial charge in [-0.15, -0.1) is 0 Å². The molecule has 8 nitrogen and oxygen atoms in total. The molecule has 0 radical (unpaired) electrons. The number of amides is 2. The molecule has 1 fully saturated rings. The molecule has 1 aromatic carbocycles. The molecular weight excluding hydrogens is 394 g/mol. The summed E-state index contributed by atoms with van der Waals surface area (Å²) in [6, 6.07) is 5.93. The molecule has 1 aromatic rings. The van der Waals surface area contributed by atoms with Crippen LogP contribution in [-0.2, 0) is 19.6 Å². The lowest BCUT2D eigenvalue weighted by Crippen LogP contribution is -2.48. The van der Waals surface area contributed by atoms with Crippen molar-refractivity contribution in [1.29, 1.82) is 0 Å². The van der Waals surface area contributed by atoms with Gasteiger partial charge >= 0.3 is 0 Å². The van der Waals surface area contributed by atoms with Crippen LogP contribution in [0.4, 0.5) is 0 Å². The van der Waals surface area contributed by atoms with Crippen molar-refractivity contribution in [2.45, 2.75) is 63.7 Å². The van der Waals surface area contributed by atoms with Crippen LogP contribution in [-0.4, -0.2) is 62.4 Å². The molecule has 1 saturated heterocycles. The Bertz CT molecular complexity index is 800. The highest BCUT2D eigenvalue weighted by Gasteiger charge is 2.32. The monoisotopic (exact) mass is 425 g/mol. The lowest BCUT2D eigenvalue weighted by molar-refractivity contribution is -0.121. The van der Waals surface area contributed by atoms with Gasteiger partial charge in [-0.1, -0.05) is 6.92 Å². The molecule has 9 heteroatoms. The van der Waals surface area contributed by atoms with Crippen molar-refractivity contribution in [3.05, 3.63) is 29.8 Å². The first-order valence-electron chi connectivity index (χ1n) is 9.96. The maximum atomic E-state index is 12.8. The fourth-order valence-corrected chi connectivity index (χ4v) is 4.69. The molecule has 3 atom stereocenters. The largest absolute Gasteiger partial charge is 0.373 e. The number of carbonyl (C=O) groups is 2. The van der Waals surface area contributed by atoms with Crippen molar-refractivity contribution >= 4 is 21.8 Å². The SMILES string of the molecule is CCC(C)NC(=O)CCNC(=O)c1ccc(S(=O)(=O)N2CC(C)OC(C)C2)cc1. The van der Waals surface area contributed by atoms with Gasteiger partial charge in [0.2, 0.25) is 15.9 Å². The second-order valence-corrected chi connectivity index (χ2v) is 9.42. The van der Waals surface area contributed by atoms with Crippen molar-refractivity contribution in [1.82, 2.24) is 14.9 Å². The van der Waals surface area contributed by atoms with Crippen molar-refractivity contribution in [2.75, 3.05) is 19.6 Å². The van der Waals surface area contributed by atoms with Crippen molar-refractivity contribution in [3.63, 3.8) is 0 Å². The predicted octanol–water partition coefficient (Wildman–Crippen LogP) is 1.52. The van der Waals surface area contributed by atoms with Gasteiger partial charge in [0.1, 0.15) is 0 Å². The van der Waals surface area contributed by atoms with Gasteiger partial charge in [0.05, 0.1) is 17.1 Å². The van der Waals surface area contributed by atoms with Gasteiger partial charge in [0, 0.05) is 37.7 Å². The second-order valence-electron chi connectivity index (χ2n) is 7.49. The fraction of sp³-hybridized carbons (Fsp3) is 0.600. The summed E-state index contributed by atoms with van der Waals surface area (Å²) in [7, 11) is -3.64. The second kappa shape index (κ2) is 10.2. The summed E-state index contributed by atoms with van der Waals surface area (Å²) in [5.41, 5.74) is 0.343. The number of rotatable bonds is 8. The number of carbonyl (C=O) groups excluding carboxylic acids is 2. The Kier molecular flexibility index (Phi) is 8.18. The van der Waals surface area contributed by atoms with Gasteiger partial charge in [0.25, 0.3) is 5.91 Å². The van der Waals surface area contributed by atoms with Crippen LogP contribution in [0.5, 0.6) is 0 Å². The van der Waals surface area contributed by atoms with Crippen LogP contribution in [0.2, 0.25) is 0 Å². The third-order valence-electron chi connectivity index (χ3n) is 4.80. The smallest absolute Gasteiger partial charge is 0.251 e. The van der Waals surface area contributed by atoms with Crippen LogP contribution >= 0.6 is 0 Å². The van der Waals surface area contributed by atoms with E-state index in [1.165, 1.54) is 28.6 Å². The predicted molar refractivity (Wildman–Crippen MR) is 110 cm³/mol. The Morgan fingerprint density at radius 1 is 1.17 bits per heavy atom. The molecule has 0 bridgehead atoms. The number of hydrogen-bond donors (Lipinski definition) is 2. The standard InChI is InChI=1S/C20H31N3O5S/c1-5-14(2)22-19(24)10-11-21-20(25)17-6-8-18(9-7-17)29(26,27)23-12-15(3)28-16(4)13-23/h6-9,14-16H,5,10-13H2,1-4H3,(H,21,25)(H,22,24). The Balaban J connectivity index is 1.93. The van der Waals surface area contributed by atoms with Crippen LogP contribution in [0.25, 0.3) is 0 Å². The van der Waals surface area contributed by atoms with Gasteiger partial charge in [-0.2, -0.15) is 4.31 Å².